The number of anilines is 1. The second kappa shape index (κ2) is 5.34. The summed E-state index contributed by atoms with van der Waals surface area (Å²) in [5.74, 6) is -0.376. The molecule has 0 aliphatic carbocycles. The third-order valence-electron chi connectivity index (χ3n) is 3.41. The third-order valence-corrected chi connectivity index (χ3v) is 3.41. The number of hydrogen-bond acceptors (Lipinski definition) is 5. The lowest BCUT2D eigenvalue weighted by Crippen LogP contribution is -2.03. The molecule has 3 rings (SSSR count). The Bertz CT molecular complexity index is 871. The third kappa shape index (κ3) is 2.64. The summed E-state index contributed by atoms with van der Waals surface area (Å²) in [6.07, 6.45) is 1.54. The zero-order chi connectivity index (χ0) is 16.6. The predicted octanol–water partition coefficient (Wildman–Crippen LogP) is 3.00. The number of fused-ring (bicyclic) bond motifs is 1. The molecule has 1 N–H and O–H groups in total. The molecule has 1 aliphatic heterocycles. The highest BCUT2D eigenvalue weighted by atomic mass is 16.6. The van der Waals surface area contributed by atoms with E-state index in [1.807, 2.05) is 0 Å². The number of nitrogens with zero attached hydrogens (tertiary/aromatic N) is 2. The van der Waals surface area contributed by atoms with E-state index in [1.165, 1.54) is 48.5 Å². The van der Waals surface area contributed by atoms with Crippen molar-refractivity contribution >= 4 is 34.6 Å². The van der Waals surface area contributed by atoms with Gasteiger partial charge in [0.1, 0.15) is 0 Å². The number of nitrogens with one attached hydrogen (secondary N) is 1. The molecule has 8 heteroatoms. The molecular formula is C15H9N3O5. The van der Waals surface area contributed by atoms with Crippen LogP contribution < -0.4 is 5.32 Å². The Kier molecular flexibility index (Phi) is 3.34. The molecule has 0 spiro atoms. The van der Waals surface area contributed by atoms with Crippen LogP contribution in [0.15, 0.2) is 42.5 Å². The highest BCUT2D eigenvalue weighted by Gasteiger charge is 2.26. The van der Waals surface area contributed by atoms with Gasteiger partial charge in [-0.3, -0.25) is 25.0 Å². The summed E-state index contributed by atoms with van der Waals surface area (Å²) >= 11 is 0. The number of nitro benzene ring substituents is 2. The van der Waals surface area contributed by atoms with E-state index in [9.17, 15) is 25.0 Å². The maximum atomic E-state index is 12.0. The molecule has 2 aromatic carbocycles. The van der Waals surface area contributed by atoms with E-state index in [-0.39, 0.29) is 22.9 Å². The van der Waals surface area contributed by atoms with Gasteiger partial charge in [0.15, 0.2) is 0 Å². The van der Waals surface area contributed by atoms with Crippen molar-refractivity contribution in [3.8, 4) is 0 Å². The Labute approximate surface area is 129 Å². The summed E-state index contributed by atoms with van der Waals surface area (Å²) in [7, 11) is 0. The maximum Gasteiger partial charge on any atom is 0.270 e. The topological polar surface area (TPSA) is 115 Å². The number of benzene rings is 2. The molecule has 1 amide bonds. The SMILES string of the molecule is O=C1Nc2ccc([N+](=O)[O-])cc2/C1=C/c1ccc([N+](=O)[O-])cc1. The van der Waals surface area contributed by atoms with Crippen molar-refractivity contribution in [3.05, 3.63) is 73.8 Å². The quantitative estimate of drug-likeness (QED) is 0.531. The fourth-order valence-electron chi connectivity index (χ4n) is 2.29. The van der Waals surface area contributed by atoms with Crippen LogP contribution in [0, 0.1) is 20.2 Å². The van der Waals surface area contributed by atoms with E-state index in [2.05, 4.69) is 5.32 Å². The number of carbonyl (C=O) groups excluding carboxylic acids is 1. The fraction of sp³-hybridized carbons (Fsp3) is 0. The van der Waals surface area contributed by atoms with Crippen LogP contribution in [-0.2, 0) is 4.79 Å². The Morgan fingerprint density at radius 3 is 2.13 bits per heavy atom. The van der Waals surface area contributed by atoms with Gasteiger partial charge in [0.2, 0.25) is 0 Å². The first-order chi connectivity index (χ1) is 11.0. The van der Waals surface area contributed by atoms with Crippen molar-refractivity contribution in [2.24, 2.45) is 0 Å². The Hall–Kier alpha value is -3.55. The van der Waals surface area contributed by atoms with Gasteiger partial charge in [0, 0.05) is 41.1 Å². The maximum absolute atomic E-state index is 12.0. The van der Waals surface area contributed by atoms with Crippen LogP contribution in [0.5, 0.6) is 0 Å². The van der Waals surface area contributed by atoms with Crippen molar-refractivity contribution in [1.82, 2.24) is 0 Å². The van der Waals surface area contributed by atoms with Gasteiger partial charge in [-0.25, -0.2) is 0 Å². The molecule has 0 atom stereocenters. The molecule has 1 heterocycles. The lowest BCUT2D eigenvalue weighted by molar-refractivity contribution is -0.385. The van der Waals surface area contributed by atoms with Crippen LogP contribution >= 0.6 is 0 Å². The molecule has 0 aromatic heterocycles. The molecule has 0 unspecified atom stereocenters. The molecule has 0 radical (unpaired) electrons. The van der Waals surface area contributed by atoms with Gasteiger partial charge in [-0.1, -0.05) is 0 Å². The van der Waals surface area contributed by atoms with Gasteiger partial charge < -0.3 is 5.32 Å². The molecule has 0 fully saturated rings. The van der Waals surface area contributed by atoms with E-state index in [4.69, 9.17) is 0 Å². The van der Waals surface area contributed by atoms with E-state index in [0.717, 1.165) is 0 Å². The van der Waals surface area contributed by atoms with Crippen LogP contribution in [0.25, 0.3) is 11.6 Å². The molecule has 0 bridgehead atoms. The Morgan fingerprint density at radius 1 is 0.913 bits per heavy atom. The molecule has 2 aromatic rings. The summed E-state index contributed by atoms with van der Waals surface area (Å²) < 4.78 is 0. The number of non-ortho nitro benzene ring substituents is 2. The second-order valence-corrected chi connectivity index (χ2v) is 4.85. The van der Waals surface area contributed by atoms with Crippen molar-refractivity contribution in [2.75, 3.05) is 5.32 Å². The first-order valence-electron chi connectivity index (χ1n) is 6.52. The van der Waals surface area contributed by atoms with Crippen molar-refractivity contribution in [3.63, 3.8) is 0 Å². The van der Waals surface area contributed by atoms with Gasteiger partial charge >= 0.3 is 0 Å². The summed E-state index contributed by atoms with van der Waals surface area (Å²) in [5.41, 5.74) is 1.61. The minimum atomic E-state index is -0.535. The highest BCUT2D eigenvalue weighted by molar-refractivity contribution is 6.35. The zero-order valence-electron chi connectivity index (χ0n) is 11.6. The van der Waals surface area contributed by atoms with Crippen molar-refractivity contribution in [1.29, 1.82) is 0 Å². The van der Waals surface area contributed by atoms with Crippen LogP contribution in [-0.4, -0.2) is 15.8 Å². The van der Waals surface area contributed by atoms with Crippen molar-refractivity contribution in [2.45, 2.75) is 0 Å². The predicted molar refractivity (Wildman–Crippen MR) is 82.7 cm³/mol. The molecule has 0 saturated carbocycles. The number of carbonyl (C=O) groups is 1. The van der Waals surface area contributed by atoms with E-state index in [1.54, 1.807) is 0 Å². The van der Waals surface area contributed by atoms with E-state index >= 15 is 0 Å². The normalized spacial score (nSPS) is 14.4. The summed E-state index contributed by atoms with van der Waals surface area (Å²) in [5, 5.41) is 24.1. The number of hydrogen-bond donors (Lipinski definition) is 1. The van der Waals surface area contributed by atoms with Gasteiger partial charge in [-0.2, -0.15) is 0 Å². The monoisotopic (exact) mass is 311 g/mol. The van der Waals surface area contributed by atoms with Gasteiger partial charge in [0.05, 0.1) is 9.85 Å². The molecule has 8 nitrogen and oxygen atoms in total. The Balaban J connectivity index is 2.03. The summed E-state index contributed by atoms with van der Waals surface area (Å²) in [6.45, 7) is 0. The van der Waals surface area contributed by atoms with Gasteiger partial charge in [-0.15, -0.1) is 0 Å². The average molecular weight is 311 g/mol. The Morgan fingerprint density at radius 2 is 1.52 bits per heavy atom. The molecule has 114 valence electrons. The largest absolute Gasteiger partial charge is 0.321 e. The van der Waals surface area contributed by atoms with Crippen LogP contribution in [0.1, 0.15) is 11.1 Å². The number of amides is 1. The highest BCUT2D eigenvalue weighted by Crippen LogP contribution is 2.35. The van der Waals surface area contributed by atoms with Crippen molar-refractivity contribution < 1.29 is 14.6 Å². The molecule has 1 aliphatic rings. The summed E-state index contributed by atoms with van der Waals surface area (Å²) in [6, 6.07) is 9.78. The van der Waals surface area contributed by atoms with Crippen LogP contribution in [0.3, 0.4) is 0 Å². The first kappa shape index (κ1) is 14.4. The fourth-order valence-corrected chi connectivity index (χ4v) is 2.29. The van der Waals surface area contributed by atoms with E-state index in [0.29, 0.717) is 16.8 Å². The van der Waals surface area contributed by atoms with Gasteiger partial charge in [-0.05, 0) is 29.8 Å². The van der Waals surface area contributed by atoms with Crippen LogP contribution in [0.2, 0.25) is 0 Å². The lowest BCUT2D eigenvalue weighted by atomic mass is 10.0. The number of rotatable bonds is 3. The van der Waals surface area contributed by atoms with Crippen LogP contribution in [0.4, 0.5) is 17.1 Å². The molecular weight excluding hydrogens is 302 g/mol. The van der Waals surface area contributed by atoms with E-state index < -0.39 is 9.85 Å². The summed E-state index contributed by atoms with van der Waals surface area (Å²) in [4.78, 5) is 32.5. The second-order valence-electron chi connectivity index (χ2n) is 4.85. The minimum absolute atomic E-state index is 0.0564. The zero-order valence-corrected chi connectivity index (χ0v) is 11.6. The average Bonchev–Trinajstić information content (AvgIpc) is 2.83. The first-order valence-corrected chi connectivity index (χ1v) is 6.52. The smallest absolute Gasteiger partial charge is 0.270 e. The minimum Gasteiger partial charge on any atom is -0.321 e. The number of nitro groups is 2. The standard InChI is InChI=1S/C15H9N3O5/c19-15-13(7-9-1-3-10(4-2-9)17(20)21)12-8-11(18(22)23)5-6-14(12)16-15/h1-8H,(H,16,19)/b13-7-. The molecule has 0 saturated heterocycles. The van der Waals surface area contributed by atoms with Gasteiger partial charge in [0.25, 0.3) is 17.3 Å². The lowest BCUT2D eigenvalue weighted by Gasteiger charge is -1.99. The molecule has 23 heavy (non-hydrogen) atoms.